The standard InChI is InChI=1S/C81H123N18O27P/c1-41(2)32-53(70(110)90-56(36-47-38-85-49-21-13-12-20-48(47)49)73(113)86-50(22-14-15-29-82)67(107)94-58(81(121)122)34-43(5)6)89-74(114)57(37-65(105)106)91-76(116)60(40-101)96-72(112)55(35-46-18-10-9-11-19-46)93-78(118)66(45(8)126-127(123,124)125)97-69(109)52(26-28-64(103)104)87-68(108)51(25-27-63(84)102)88-75(115)59(39-100)95-71(111)54(33-42(3)4)92-77(117)61-23-16-30-98(61)80(120)62-24-17-31-99(62)79(119)44(7)83/h9-13,18-21,38,41-45,50-62,66,85,100-101H,14-17,22-37,39-40,82-83H2,1-8H3,(H2,84,102)(H,86,113)(H,87,108)(H,88,115)(H,89,114)(H,90,110)(H,91,116)(H,92,117)(H,93,118)(H,94,107)(H,95,111)(H,96,112)(H,97,109)(H,103,104)(H,105,106)(H,121,122)(H2,123,124,125)/t44-,45+,50-,51-,52-,53-,54-,55-,56-,57-,58-,59-,60-,61-,62-,66-/m0/s1. The Bertz CT molecular complexity index is 4400. The summed E-state index contributed by atoms with van der Waals surface area (Å²) in [7, 11) is -5.69. The van der Waals surface area contributed by atoms with Crippen LogP contribution in [-0.2, 0) is 108 Å². The van der Waals surface area contributed by atoms with Gasteiger partial charge in [0, 0.05) is 55.9 Å². The van der Waals surface area contributed by atoms with Gasteiger partial charge in [-0.1, -0.05) is 90.1 Å². The Morgan fingerprint density at radius 1 is 0.480 bits per heavy atom. The van der Waals surface area contributed by atoms with Gasteiger partial charge in [-0.25, -0.2) is 9.36 Å². The number of carboxylic acids is 3. The van der Waals surface area contributed by atoms with E-state index in [4.69, 9.17) is 21.7 Å². The highest BCUT2D eigenvalue weighted by atomic mass is 31.2. The summed E-state index contributed by atoms with van der Waals surface area (Å²) in [5.41, 5.74) is 18.4. The molecule has 0 spiro atoms. The van der Waals surface area contributed by atoms with E-state index in [2.05, 4.69) is 68.8 Å². The molecule has 2 aliphatic rings. The van der Waals surface area contributed by atoms with Gasteiger partial charge in [0.25, 0.3) is 0 Å². The highest BCUT2D eigenvalue weighted by molar-refractivity contribution is 7.46. The zero-order chi connectivity index (χ0) is 94.9. The number of likely N-dealkylation sites (tertiary alicyclic amines) is 2. The van der Waals surface area contributed by atoms with Gasteiger partial charge in [-0.05, 0) is 132 Å². The number of aliphatic carboxylic acids is 3. The largest absolute Gasteiger partial charge is 0.481 e. The lowest BCUT2D eigenvalue weighted by Crippen LogP contribution is -2.63. The van der Waals surface area contributed by atoms with Gasteiger partial charge in [0.05, 0.1) is 31.8 Å². The number of carbonyl (C=O) groups excluding carboxylic acids is 15. The number of nitrogens with two attached hydrogens (primary N) is 3. The highest BCUT2D eigenvalue weighted by Gasteiger charge is 2.45. The molecule has 2 saturated heterocycles. The lowest BCUT2D eigenvalue weighted by Gasteiger charge is -2.32. The quantitative estimate of drug-likeness (QED) is 0.0187. The Balaban J connectivity index is 1.39. The Labute approximate surface area is 732 Å². The number of unbranched alkanes of at least 4 members (excludes halogenated alkanes) is 1. The van der Waals surface area contributed by atoms with Crippen LogP contribution in [0.25, 0.3) is 10.9 Å². The maximum Gasteiger partial charge on any atom is 0.469 e. The molecule has 16 atom stereocenters. The first-order chi connectivity index (χ1) is 59.8. The first-order valence-corrected chi connectivity index (χ1v) is 43.5. The summed E-state index contributed by atoms with van der Waals surface area (Å²) in [6.45, 7) is 10.6. The molecule has 26 N–H and O–H groups in total. The van der Waals surface area contributed by atoms with Crippen LogP contribution in [0.1, 0.15) is 163 Å². The molecule has 2 aromatic carbocycles. The van der Waals surface area contributed by atoms with Crippen LogP contribution in [0.15, 0.2) is 60.8 Å². The van der Waals surface area contributed by atoms with Gasteiger partial charge in [0.1, 0.15) is 84.6 Å². The van der Waals surface area contributed by atoms with Crippen molar-refractivity contribution in [2.75, 3.05) is 32.8 Å². The summed E-state index contributed by atoms with van der Waals surface area (Å²) in [4.78, 5) is 275. The minimum atomic E-state index is -5.69. The minimum absolute atomic E-state index is 0.0204. The predicted octanol–water partition coefficient (Wildman–Crippen LogP) is -4.46. The first-order valence-electron chi connectivity index (χ1n) is 42.0. The maximum absolute atomic E-state index is 14.8. The number of hydrogen-bond donors (Lipinski definition) is 23. The van der Waals surface area contributed by atoms with Gasteiger partial charge in [-0.3, -0.25) is 86.0 Å². The van der Waals surface area contributed by atoms with Crippen LogP contribution in [0, 0.1) is 17.8 Å². The number of hydrogen-bond acceptors (Lipinski definition) is 24. The van der Waals surface area contributed by atoms with Gasteiger partial charge in [-0.15, -0.1) is 0 Å². The number of amides is 15. The Hall–Kier alpha value is -11.6. The number of aliphatic hydroxyl groups is 2. The van der Waals surface area contributed by atoms with Crippen LogP contribution in [0.2, 0.25) is 0 Å². The van der Waals surface area contributed by atoms with Crippen LogP contribution in [0.5, 0.6) is 0 Å². The molecule has 1 aromatic heterocycles. The van der Waals surface area contributed by atoms with Crippen molar-refractivity contribution in [3.8, 4) is 0 Å². The smallest absolute Gasteiger partial charge is 0.469 e. The third-order valence-corrected chi connectivity index (χ3v) is 21.5. The molecule has 3 heterocycles. The number of nitrogens with one attached hydrogen (secondary N) is 13. The molecular formula is C81H123N18O27P. The van der Waals surface area contributed by atoms with Crippen molar-refractivity contribution in [2.24, 2.45) is 35.0 Å². The molecule has 3 aromatic rings. The van der Waals surface area contributed by atoms with Crippen molar-refractivity contribution < 1.29 is 131 Å². The number of nitrogens with zero attached hydrogens (tertiary/aromatic N) is 2. The Morgan fingerprint density at radius 3 is 1.42 bits per heavy atom. The van der Waals surface area contributed by atoms with E-state index in [1.165, 1.54) is 41.0 Å². The van der Waals surface area contributed by atoms with Crippen molar-refractivity contribution in [3.63, 3.8) is 0 Å². The number of phosphoric ester groups is 1. The third-order valence-electron chi connectivity index (χ3n) is 20.9. The lowest BCUT2D eigenvalue weighted by molar-refractivity contribution is -0.147. The molecule has 0 unspecified atom stereocenters. The molecule has 0 saturated carbocycles. The van der Waals surface area contributed by atoms with E-state index in [-0.39, 0.29) is 75.6 Å². The average Bonchev–Trinajstić information content (AvgIpc) is 1.69. The SMILES string of the molecule is CC(C)C[C@H](NC(=O)[C@H](CCCCN)NC(=O)[C@H](Cc1c[nH]c2ccccc12)NC(=O)[C@H](CC(C)C)NC(=O)[C@H](CC(=O)O)NC(=O)[C@H](CO)NC(=O)[C@H](Cc1ccccc1)NC(=O)[C@@H](NC(=O)[C@H](CCC(=O)O)NC(=O)[C@H](CCC(N)=O)NC(=O)[C@H](CO)NC(=O)[C@H](CC(C)C)NC(=O)[C@@H]1CCCN1C(=O)[C@@H]1CCCN1C(=O)[C@H](C)N)[C@@H](C)OP(=O)(O)O)C(=O)O. The van der Waals surface area contributed by atoms with E-state index < -0.39 is 269 Å². The molecule has 45 nitrogen and oxygen atoms in total. The number of aromatic nitrogens is 1. The molecule has 127 heavy (non-hydrogen) atoms. The monoisotopic (exact) mass is 1810 g/mol. The highest BCUT2D eigenvalue weighted by Crippen LogP contribution is 2.38. The maximum atomic E-state index is 14.8. The number of H-pyrrole nitrogens is 1. The normalized spacial score (nSPS) is 17.2. The van der Waals surface area contributed by atoms with E-state index in [0.717, 1.165) is 6.92 Å². The molecular weight excluding hydrogens is 1690 g/mol. The van der Waals surface area contributed by atoms with Crippen molar-refractivity contribution in [1.29, 1.82) is 0 Å². The Morgan fingerprint density at radius 2 is 0.906 bits per heavy atom. The van der Waals surface area contributed by atoms with Crippen molar-refractivity contribution >= 4 is 125 Å². The molecule has 15 amide bonds. The summed E-state index contributed by atoms with van der Waals surface area (Å²) in [5, 5.41) is 80.2. The molecule has 0 aliphatic carbocycles. The van der Waals surface area contributed by atoms with Gasteiger partial charge in [-0.2, -0.15) is 0 Å². The topological polar surface area (TPSA) is 720 Å². The summed E-state index contributed by atoms with van der Waals surface area (Å²) < 4.78 is 17.3. The summed E-state index contributed by atoms with van der Waals surface area (Å²) in [6.07, 6.45) is -4.07. The van der Waals surface area contributed by atoms with Crippen molar-refractivity contribution in [2.45, 2.75) is 261 Å². The average molecular weight is 1810 g/mol. The second-order valence-electron chi connectivity index (χ2n) is 32.8. The molecule has 46 heteroatoms. The summed E-state index contributed by atoms with van der Waals surface area (Å²) >= 11 is 0. The molecule has 0 radical (unpaired) electrons. The lowest BCUT2D eigenvalue weighted by atomic mass is 9.99. The second kappa shape index (κ2) is 51.3. The minimum Gasteiger partial charge on any atom is -0.481 e. The van der Waals surface area contributed by atoms with Gasteiger partial charge < -0.3 is 131 Å². The fourth-order valence-corrected chi connectivity index (χ4v) is 15.0. The number of benzene rings is 2. The third kappa shape index (κ3) is 34.6. The molecule has 2 fully saturated rings. The first kappa shape index (κ1) is 106. The zero-order valence-corrected chi connectivity index (χ0v) is 73.1. The number of carboxylic acid groups (broad SMARTS) is 3. The second-order valence-corrected chi connectivity index (χ2v) is 34.0. The number of aliphatic hydroxyl groups excluding tert-OH is 2. The van der Waals surface area contributed by atoms with Gasteiger partial charge >= 0.3 is 25.7 Å². The van der Waals surface area contributed by atoms with Crippen LogP contribution in [0.3, 0.4) is 0 Å². The van der Waals surface area contributed by atoms with E-state index in [1.54, 1.807) is 78.1 Å². The van der Waals surface area contributed by atoms with Gasteiger partial charge in [0.15, 0.2) is 0 Å². The summed E-state index contributed by atoms with van der Waals surface area (Å²) in [5.74, 6) is -22.1. The van der Waals surface area contributed by atoms with E-state index in [1.807, 2.05) is 0 Å². The number of carbonyl (C=O) groups is 18. The van der Waals surface area contributed by atoms with E-state index in [0.29, 0.717) is 48.6 Å². The number of rotatable bonds is 54. The predicted molar refractivity (Wildman–Crippen MR) is 452 cm³/mol. The Kier molecular flexibility index (Phi) is 42.8. The molecule has 704 valence electrons. The number of fused-ring (bicyclic) bond motifs is 1. The van der Waals surface area contributed by atoms with Crippen molar-refractivity contribution in [1.82, 2.24) is 78.6 Å². The fraction of sp³-hybridized carbons (Fsp3) is 0.605. The van der Waals surface area contributed by atoms with Crippen LogP contribution >= 0.6 is 7.82 Å². The van der Waals surface area contributed by atoms with Crippen LogP contribution < -0.4 is 81.0 Å². The van der Waals surface area contributed by atoms with Crippen molar-refractivity contribution in [3.05, 3.63) is 71.9 Å². The fourth-order valence-electron chi connectivity index (χ4n) is 14.5. The molecule has 5 rings (SSSR count). The zero-order valence-electron chi connectivity index (χ0n) is 72.2. The number of para-hydroxylation sites is 1. The number of primary amides is 1. The number of phosphoric acid groups is 1. The molecule has 2 aliphatic heterocycles. The van der Waals surface area contributed by atoms with E-state index >= 15 is 0 Å². The number of aromatic amines is 1. The summed E-state index contributed by atoms with van der Waals surface area (Å²) in [6, 6.07) is -10.6. The van der Waals surface area contributed by atoms with E-state index in [9.17, 15) is 126 Å². The van der Waals surface area contributed by atoms with Crippen LogP contribution in [0.4, 0.5) is 0 Å². The van der Waals surface area contributed by atoms with Gasteiger partial charge in [0.2, 0.25) is 88.6 Å². The molecule has 0 bridgehead atoms. The van der Waals surface area contributed by atoms with Crippen LogP contribution in [-0.4, -0.2) is 286 Å².